The summed E-state index contributed by atoms with van der Waals surface area (Å²) in [5.74, 6) is 0. The largest absolute Gasteiger partial charge is 0.399 e. The molecule has 0 radical (unpaired) electrons. The van der Waals surface area contributed by atoms with Gasteiger partial charge in [0.15, 0.2) is 6.29 Å². The molecule has 0 unspecified atom stereocenters. The summed E-state index contributed by atoms with van der Waals surface area (Å²) in [5, 5.41) is 0.970. The van der Waals surface area contributed by atoms with Crippen LogP contribution in [-0.2, 0) is 4.74 Å². The molecule has 0 bridgehead atoms. The maximum atomic E-state index is 10.4. The van der Waals surface area contributed by atoms with Crippen LogP contribution < -0.4 is 5.73 Å². The zero-order valence-electron chi connectivity index (χ0n) is 9.49. The molecule has 2 rings (SSSR count). The topological polar surface area (TPSA) is 68.1 Å². The van der Waals surface area contributed by atoms with Crippen LogP contribution in [0.4, 0.5) is 5.69 Å². The molecule has 0 amide bonds. The normalized spacial score (nSPS) is 9.62. The average Bonchev–Trinajstić information content (AvgIpc) is 2.71. The van der Waals surface area contributed by atoms with Crippen molar-refractivity contribution in [2.24, 2.45) is 0 Å². The standard InChI is InChI=1S/C9H8N2O.C3H8O/c10-7-1-2-9-6(3-7)4-8(5-12)11-9;1-3-4-2/h1-5,11H,10H2;3H2,1-2H3. The van der Waals surface area contributed by atoms with Crippen molar-refractivity contribution in [2.45, 2.75) is 6.92 Å². The van der Waals surface area contributed by atoms with Gasteiger partial charge in [-0.2, -0.15) is 0 Å². The lowest BCUT2D eigenvalue weighted by molar-refractivity contribution is 0.112. The molecule has 0 aliphatic heterocycles. The van der Waals surface area contributed by atoms with E-state index in [0.717, 1.165) is 23.8 Å². The monoisotopic (exact) mass is 220 g/mol. The number of hydrogen-bond acceptors (Lipinski definition) is 3. The first kappa shape index (κ1) is 12.3. The highest BCUT2D eigenvalue weighted by Gasteiger charge is 1.98. The molecule has 0 aliphatic rings. The van der Waals surface area contributed by atoms with Crippen molar-refractivity contribution in [3.8, 4) is 0 Å². The predicted octanol–water partition coefficient (Wildman–Crippen LogP) is 2.22. The van der Waals surface area contributed by atoms with Crippen molar-refractivity contribution < 1.29 is 9.53 Å². The number of anilines is 1. The number of nitrogens with two attached hydrogens (primary N) is 1. The van der Waals surface area contributed by atoms with E-state index in [-0.39, 0.29) is 0 Å². The predicted molar refractivity (Wildman–Crippen MR) is 65.6 cm³/mol. The number of carbonyl (C=O) groups excluding carboxylic acids is 1. The second kappa shape index (κ2) is 5.92. The zero-order valence-corrected chi connectivity index (χ0v) is 9.49. The van der Waals surface area contributed by atoms with E-state index in [1.165, 1.54) is 0 Å². The number of fused-ring (bicyclic) bond motifs is 1. The Hall–Kier alpha value is -1.81. The minimum Gasteiger partial charge on any atom is -0.399 e. The van der Waals surface area contributed by atoms with E-state index in [1.54, 1.807) is 19.2 Å². The number of H-pyrrole nitrogens is 1. The van der Waals surface area contributed by atoms with E-state index in [0.29, 0.717) is 11.4 Å². The molecular formula is C12H16N2O2. The van der Waals surface area contributed by atoms with Crippen molar-refractivity contribution in [3.05, 3.63) is 30.0 Å². The van der Waals surface area contributed by atoms with Crippen LogP contribution >= 0.6 is 0 Å². The number of rotatable bonds is 2. The van der Waals surface area contributed by atoms with Crippen molar-refractivity contribution in [1.29, 1.82) is 0 Å². The summed E-state index contributed by atoms with van der Waals surface area (Å²) in [6.07, 6.45) is 0.788. The Bertz CT molecular complexity index is 461. The van der Waals surface area contributed by atoms with Crippen LogP contribution in [0.3, 0.4) is 0 Å². The summed E-state index contributed by atoms with van der Waals surface area (Å²) in [5.41, 5.74) is 7.80. The second-order valence-electron chi connectivity index (χ2n) is 3.27. The fourth-order valence-corrected chi connectivity index (χ4v) is 1.24. The number of nitrogens with one attached hydrogen (secondary N) is 1. The Kier molecular flexibility index (Phi) is 4.54. The highest BCUT2D eigenvalue weighted by atomic mass is 16.5. The molecule has 0 spiro atoms. The molecule has 4 heteroatoms. The van der Waals surface area contributed by atoms with E-state index >= 15 is 0 Å². The number of methoxy groups -OCH3 is 1. The molecule has 1 heterocycles. The molecule has 0 aliphatic carbocycles. The van der Waals surface area contributed by atoms with E-state index in [2.05, 4.69) is 9.72 Å². The Morgan fingerprint density at radius 2 is 2.12 bits per heavy atom. The SMILES string of the molecule is CCOC.Nc1ccc2[nH]c(C=O)cc2c1. The smallest absolute Gasteiger partial charge is 0.166 e. The third kappa shape index (κ3) is 3.10. The molecule has 4 nitrogen and oxygen atoms in total. The van der Waals surface area contributed by atoms with E-state index in [9.17, 15) is 4.79 Å². The minimum atomic E-state index is 0.579. The Balaban J connectivity index is 0.000000280. The van der Waals surface area contributed by atoms with Gasteiger partial charge in [0, 0.05) is 30.3 Å². The number of aldehydes is 1. The second-order valence-corrected chi connectivity index (χ2v) is 3.27. The van der Waals surface area contributed by atoms with Crippen LogP contribution in [0, 0.1) is 0 Å². The summed E-state index contributed by atoms with van der Waals surface area (Å²) >= 11 is 0. The molecule has 86 valence electrons. The molecule has 1 aromatic carbocycles. The first-order chi connectivity index (χ1) is 7.71. The van der Waals surface area contributed by atoms with Crippen LogP contribution in [-0.4, -0.2) is 25.0 Å². The fraction of sp³-hybridized carbons (Fsp3) is 0.250. The van der Waals surface area contributed by atoms with Crippen molar-refractivity contribution >= 4 is 22.9 Å². The average molecular weight is 220 g/mol. The molecule has 0 fully saturated rings. The van der Waals surface area contributed by atoms with Crippen LogP contribution in [0.15, 0.2) is 24.3 Å². The van der Waals surface area contributed by atoms with Gasteiger partial charge in [0.05, 0.1) is 5.69 Å². The molecule has 3 N–H and O–H groups in total. The molecule has 0 saturated heterocycles. The van der Waals surface area contributed by atoms with Crippen LogP contribution in [0.1, 0.15) is 17.4 Å². The Morgan fingerprint density at radius 1 is 1.44 bits per heavy atom. The van der Waals surface area contributed by atoms with Crippen LogP contribution in [0.5, 0.6) is 0 Å². The van der Waals surface area contributed by atoms with E-state index in [4.69, 9.17) is 5.73 Å². The highest BCUT2D eigenvalue weighted by Crippen LogP contribution is 2.17. The van der Waals surface area contributed by atoms with Gasteiger partial charge in [0.2, 0.25) is 0 Å². The van der Waals surface area contributed by atoms with E-state index in [1.807, 2.05) is 19.1 Å². The van der Waals surface area contributed by atoms with Gasteiger partial charge in [0.1, 0.15) is 0 Å². The van der Waals surface area contributed by atoms with Gasteiger partial charge in [-0.25, -0.2) is 0 Å². The molecular weight excluding hydrogens is 204 g/mol. The summed E-state index contributed by atoms with van der Waals surface area (Å²) in [6, 6.07) is 7.27. The minimum absolute atomic E-state index is 0.579. The molecule has 0 atom stereocenters. The molecule has 16 heavy (non-hydrogen) atoms. The highest BCUT2D eigenvalue weighted by molar-refractivity contribution is 5.89. The van der Waals surface area contributed by atoms with Crippen LogP contribution in [0.2, 0.25) is 0 Å². The summed E-state index contributed by atoms with van der Waals surface area (Å²) in [6.45, 7) is 2.78. The Labute approximate surface area is 94.4 Å². The molecule has 2 aromatic rings. The quantitative estimate of drug-likeness (QED) is 0.602. The van der Waals surface area contributed by atoms with Crippen molar-refractivity contribution in [2.75, 3.05) is 19.5 Å². The number of aromatic amines is 1. The van der Waals surface area contributed by atoms with Crippen molar-refractivity contribution in [1.82, 2.24) is 4.98 Å². The third-order valence-corrected chi connectivity index (χ3v) is 2.08. The van der Waals surface area contributed by atoms with Gasteiger partial charge < -0.3 is 15.5 Å². The summed E-state index contributed by atoms with van der Waals surface area (Å²) in [4.78, 5) is 13.3. The molecule has 0 saturated carbocycles. The first-order valence-corrected chi connectivity index (χ1v) is 5.03. The number of hydrogen-bond donors (Lipinski definition) is 2. The molecule has 1 aromatic heterocycles. The van der Waals surface area contributed by atoms with Gasteiger partial charge >= 0.3 is 0 Å². The lowest BCUT2D eigenvalue weighted by Crippen LogP contribution is -1.81. The maximum absolute atomic E-state index is 10.4. The fourth-order valence-electron chi connectivity index (χ4n) is 1.24. The number of ether oxygens (including phenoxy) is 1. The Morgan fingerprint density at radius 3 is 2.69 bits per heavy atom. The number of nitrogen functional groups attached to an aromatic ring is 1. The van der Waals surface area contributed by atoms with Crippen LogP contribution in [0.25, 0.3) is 10.9 Å². The van der Waals surface area contributed by atoms with Crippen molar-refractivity contribution in [3.63, 3.8) is 0 Å². The lowest BCUT2D eigenvalue weighted by Gasteiger charge is -1.90. The van der Waals surface area contributed by atoms with Gasteiger partial charge in [-0.15, -0.1) is 0 Å². The summed E-state index contributed by atoms with van der Waals surface area (Å²) in [7, 11) is 1.68. The summed E-state index contributed by atoms with van der Waals surface area (Å²) < 4.78 is 4.54. The third-order valence-electron chi connectivity index (χ3n) is 2.08. The zero-order chi connectivity index (χ0) is 12.0. The van der Waals surface area contributed by atoms with Gasteiger partial charge in [-0.3, -0.25) is 4.79 Å². The maximum Gasteiger partial charge on any atom is 0.166 e. The van der Waals surface area contributed by atoms with E-state index < -0.39 is 0 Å². The van der Waals surface area contributed by atoms with Gasteiger partial charge in [-0.1, -0.05) is 0 Å². The number of aromatic nitrogens is 1. The number of benzene rings is 1. The first-order valence-electron chi connectivity index (χ1n) is 5.03. The van der Waals surface area contributed by atoms with Gasteiger partial charge in [-0.05, 0) is 31.2 Å². The van der Waals surface area contributed by atoms with Gasteiger partial charge in [0.25, 0.3) is 0 Å². The number of carbonyl (C=O) groups is 1. The lowest BCUT2D eigenvalue weighted by atomic mass is 10.2.